The number of carbonyl (C=O) groups excluding carboxylic acids is 1. The van der Waals surface area contributed by atoms with Gasteiger partial charge in [0, 0.05) is 4.47 Å². The van der Waals surface area contributed by atoms with Crippen LogP contribution < -0.4 is 4.74 Å². The van der Waals surface area contributed by atoms with Gasteiger partial charge in [0.1, 0.15) is 11.5 Å². The molecule has 0 N–H and O–H groups in total. The van der Waals surface area contributed by atoms with Crippen LogP contribution in [0.1, 0.15) is 10.4 Å². The Balaban J connectivity index is 2.10. The predicted octanol–water partition coefficient (Wildman–Crippen LogP) is 4.03. The highest BCUT2D eigenvalue weighted by Gasteiger charge is 2.05. The molecule has 0 aliphatic heterocycles. The molecule has 2 rings (SSSR count). The minimum absolute atomic E-state index is 0.356. The fourth-order valence-electron chi connectivity index (χ4n) is 1.42. The van der Waals surface area contributed by atoms with Gasteiger partial charge < -0.3 is 9.47 Å². The van der Waals surface area contributed by atoms with E-state index in [0.29, 0.717) is 11.3 Å². The molecule has 0 unspecified atom stereocenters. The molecule has 2 aromatic carbocycles. The lowest BCUT2D eigenvalue weighted by molar-refractivity contribution is 0.0600. The molecule has 0 aliphatic rings. The van der Waals surface area contributed by atoms with Crippen LogP contribution >= 0.6 is 15.9 Å². The molecule has 4 heteroatoms. The third kappa shape index (κ3) is 3.11. The van der Waals surface area contributed by atoms with E-state index in [9.17, 15) is 4.79 Å². The van der Waals surface area contributed by atoms with Crippen molar-refractivity contribution in [3.05, 3.63) is 58.6 Å². The lowest BCUT2D eigenvalue weighted by Crippen LogP contribution is -2.00. The summed E-state index contributed by atoms with van der Waals surface area (Å²) in [5.41, 5.74) is 0.501. The summed E-state index contributed by atoms with van der Waals surface area (Å²) in [5.74, 6) is 1.05. The zero-order valence-corrected chi connectivity index (χ0v) is 11.3. The molecule has 0 spiro atoms. The molecule has 0 fully saturated rings. The van der Waals surface area contributed by atoms with Crippen LogP contribution in [0, 0.1) is 0 Å². The van der Waals surface area contributed by atoms with Gasteiger partial charge in [0.25, 0.3) is 0 Å². The van der Waals surface area contributed by atoms with Crippen molar-refractivity contribution in [2.45, 2.75) is 0 Å². The molecule has 0 radical (unpaired) electrons. The van der Waals surface area contributed by atoms with Gasteiger partial charge in [0.15, 0.2) is 0 Å². The molecule has 0 amide bonds. The number of hydrogen-bond donors (Lipinski definition) is 0. The molecule has 92 valence electrons. The van der Waals surface area contributed by atoms with Crippen molar-refractivity contribution in [1.82, 2.24) is 0 Å². The van der Waals surface area contributed by atoms with E-state index in [1.807, 2.05) is 24.3 Å². The second-order valence-electron chi connectivity index (χ2n) is 3.57. The quantitative estimate of drug-likeness (QED) is 0.803. The summed E-state index contributed by atoms with van der Waals surface area (Å²) in [6.07, 6.45) is 0. The number of carbonyl (C=O) groups is 1. The standard InChI is InChI=1S/C14H11BrO3/c1-17-14(16)10-2-6-12(7-3-10)18-13-8-4-11(15)5-9-13/h2-9H,1H3. The van der Waals surface area contributed by atoms with Gasteiger partial charge in [-0.25, -0.2) is 4.79 Å². The maximum atomic E-state index is 11.3. The molecule has 2 aromatic rings. The van der Waals surface area contributed by atoms with Crippen LogP contribution in [0.25, 0.3) is 0 Å². The van der Waals surface area contributed by atoms with Gasteiger partial charge in [0.05, 0.1) is 12.7 Å². The summed E-state index contributed by atoms with van der Waals surface area (Å²) >= 11 is 3.36. The summed E-state index contributed by atoms with van der Waals surface area (Å²) in [5, 5.41) is 0. The van der Waals surface area contributed by atoms with Gasteiger partial charge in [-0.05, 0) is 48.5 Å². The Morgan fingerprint density at radius 1 is 0.944 bits per heavy atom. The van der Waals surface area contributed by atoms with Gasteiger partial charge in [-0.1, -0.05) is 15.9 Å². The summed E-state index contributed by atoms with van der Waals surface area (Å²) in [4.78, 5) is 11.3. The van der Waals surface area contributed by atoms with Crippen LogP contribution in [0.2, 0.25) is 0 Å². The summed E-state index contributed by atoms with van der Waals surface area (Å²) in [6, 6.07) is 14.3. The lowest BCUT2D eigenvalue weighted by atomic mass is 10.2. The van der Waals surface area contributed by atoms with Gasteiger partial charge in [-0.15, -0.1) is 0 Å². The first-order valence-corrected chi connectivity index (χ1v) is 6.10. The minimum Gasteiger partial charge on any atom is -0.465 e. The first kappa shape index (κ1) is 12.6. The van der Waals surface area contributed by atoms with Gasteiger partial charge in [-0.3, -0.25) is 0 Å². The van der Waals surface area contributed by atoms with Crippen LogP contribution in [-0.2, 0) is 4.74 Å². The van der Waals surface area contributed by atoms with Gasteiger partial charge >= 0.3 is 5.97 Å². The molecule has 0 heterocycles. The minimum atomic E-state index is -0.356. The monoisotopic (exact) mass is 306 g/mol. The normalized spacial score (nSPS) is 9.89. The SMILES string of the molecule is COC(=O)c1ccc(Oc2ccc(Br)cc2)cc1. The summed E-state index contributed by atoms with van der Waals surface area (Å²) < 4.78 is 11.2. The van der Waals surface area contributed by atoms with E-state index in [2.05, 4.69) is 20.7 Å². The van der Waals surface area contributed by atoms with E-state index in [-0.39, 0.29) is 5.97 Å². The summed E-state index contributed by atoms with van der Waals surface area (Å²) in [7, 11) is 1.36. The van der Waals surface area contributed by atoms with E-state index < -0.39 is 0 Å². The van der Waals surface area contributed by atoms with Crippen molar-refractivity contribution in [3.8, 4) is 11.5 Å². The third-order valence-corrected chi connectivity index (χ3v) is 2.85. The van der Waals surface area contributed by atoms with E-state index >= 15 is 0 Å². The Labute approximate surface area is 113 Å². The zero-order valence-electron chi connectivity index (χ0n) is 9.72. The Morgan fingerprint density at radius 2 is 1.44 bits per heavy atom. The molecule has 0 bridgehead atoms. The van der Waals surface area contributed by atoms with Gasteiger partial charge in [0.2, 0.25) is 0 Å². The van der Waals surface area contributed by atoms with E-state index in [0.717, 1.165) is 10.2 Å². The fourth-order valence-corrected chi connectivity index (χ4v) is 1.68. The largest absolute Gasteiger partial charge is 0.465 e. The van der Waals surface area contributed by atoms with E-state index in [1.54, 1.807) is 24.3 Å². The van der Waals surface area contributed by atoms with Crippen molar-refractivity contribution in [1.29, 1.82) is 0 Å². The maximum absolute atomic E-state index is 11.3. The number of methoxy groups -OCH3 is 1. The molecule has 0 saturated carbocycles. The number of benzene rings is 2. The van der Waals surface area contributed by atoms with Crippen LogP contribution in [0.15, 0.2) is 53.0 Å². The molecular formula is C14H11BrO3. The second kappa shape index (κ2) is 5.69. The number of hydrogen-bond acceptors (Lipinski definition) is 3. The molecular weight excluding hydrogens is 296 g/mol. The lowest BCUT2D eigenvalue weighted by Gasteiger charge is -2.06. The van der Waals surface area contributed by atoms with Crippen molar-refractivity contribution < 1.29 is 14.3 Å². The zero-order chi connectivity index (χ0) is 13.0. The highest BCUT2D eigenvalue weighted by Crippen LogP contribution is 2.23. The van der Waals surface area contributed by atoms with Crippen LogP contribution in [0.3, 0.4) is 0 Å². The highest BCUT2D eigenvalue weighted by atomic mass is 79.9. The number of ether oxygens (including phenoxy) is 2. The summed E-state index contributed by atoms with van der Waals surface area (Å²) in [6.45, 7) is 0. The number of halogens is 1. The second-order valence-corrected chi connectivity index (χ2v) is 4.49. The smallest absolute Gasteiger partial charge is 0.337 e. The topological polar surface area (TPSA) is 35.5 Å². The van der Waals surface area contributed by atoms with Gasteiger partial charge in [-0.2, -0.15) is 0 Å². The van der Waals surface area contributed by atoms with E-state index in [4.69, 9.17) is 4.74 Å². The van der Waals surface area contributed by atoms with Crippen molar-refractivity contribution in [3.63, 3.8) is 0 Å². The molecule has 3 nitrogen and oxygen atoms in total. The Bertz CT molecular complexity index is 532. The third-order valence-electron chi connectivity index (χ3n) is 2.32. The first-order valence-electron chi connectivity index (χ1n) is 5.31. The molecule has 0 aromatic heterocycles. The van der Waals surface area contributed by atoms with Crippen molar-refractivity contribution in [2.75, 3.05) is 7.11 Å². The van der Waals surface area contributed by atoms with E-state index in [1.165, 1.54) is 7.11 Å². The fraction of sp³-hybridized carbons (Fsp3) is 0.0714. The highest BCUT2D eigenvalue weighted by molar-refractivity contribution is 9.10. The molecule has 0 saturated heterocycles. The average molecular weight is 307 g/mol. The van der Waals surface area contributed by atoms with Crippen molar-refractivity contribution in [2.24, 2.45) is 0 Å². The maximum Gasteiger partial charge on any atom is 0.337 e. The van der Waals surface area contributed by atoms with Crippen molar-refractivity contribution >= 4 is 21.9 Å². The number of esters is 1. The van der Waals surface area contributed by atoms with Crippen LogP contribution in [-0.4, -0.2) is 13.1 Å². The Hall–Kier alpha value is -1.81. The van der Waals surface area contributed by atoms with Crippen LogP contribution in [0.5, 0.6) is 11.5 Å². The molecule has 0 aliphatic carbocycles. The van der Waals surface area contributed by atoms with Crippen LogP contribution in [0.4, 0.5) is 0 Å². The Morgan fingerprint density at radius 3 is 1.94 bits per heavy atom. The average Bonchev–Trinajstić information content (AvgIpc) is 2.41. The number of rotatable bonds is 3. The Kier molecular flexibility index (Phi) is 3.99. The molecule has 0 atom stereocenters. The predicted molar refractivity (Wildman–Crippen MR) is 72.0 cm³/mol. The first-order chi connectivity index (χ1) is 8.69. The molecule has 18 heavy (non-hydrogen) atoms.